The van der Waals surface area contributed by atoms with Crippen LogP contribution in [0.3, 0.4) is 0 Å². The van der Waals surface area contributed by atoms with Gasteiger partial charge in [-0.25, -0.2) is 0 Å². The zero-order chi connectivity index (χ0) is 5.11. The number of nitrogens with zero attached hydrogens (tertiary/aromatic N) is 4. The first-order valence-corrected chi connectivity index (χ1v) is 2.28. The molecule has 0 saturated heterocycles. The van der Waals surface area contributed by atoms with Gasteiger partial charge in [-0.1, -0.05) is 21.1 Å². The Bertz CT molecular complexity index is 144. The van der Waals surface area contributed by atoms with E-state index in [-0.39, 0.29) is 18.6 Å². The van der Waals surface area contributed by atoms with E-state index in [1.165, 1.54) is 0 Å². The van der Waals surface area contributed by atoms with Crippen LogP contribution in [0.5, 0.6) is 0 Å². The minimum absolute atomic E-state index is 0. The van der Waals surface area contributed by atoms with E-state index in [1.807, 2.05) is 0 Å². The third-order valence-electron chi connectivity index (χ3n) is 0.359. The van der Waals surface area contributed by atoms with Crippen molar-refractivity contribution in [3.63, 3.8) is 0 Å². The summed E-state index contributed by atoms with van der Waals surface area (Å²) >= 11 is 2.98. The summed E-state index contributed by atoms with van der Waals surface area (Å²) in [6.45, 7) is 0. The average Bonchev–Trinajstić information content (AvgIpc) is 1.69. The monoisotopic (exact) mass is 210 g/mol. The number of rotatable bonds is 0. The minimum Gasteiger partial charge on any atom is -0.347 e. The molecule has 4 nitrogen and oxygen atoms in total. The van der Waals surface area contributed by atoms with Crippen molar-refractivity contribution in [2.75, 3.05) is 0 Å². The van der Waals surface area contributed by atoms with Crippen LogP contribution in [0.15, 0.2) is 4.60 Å². The van der Waals surface area contributed by atoms with E-state index in [1.54, 1.807) is 0 Å². The summed E-state index contributed by atoms with van der Waals surface area (Å²) in [5.41, 5.74) is 0. The van der Waals surface area contributed by atoms with Crippen LogP contribution < -0.4 is 0 Å². The summed E-state index contributed by atoms with van der Waals surface area (Å²) < 4.78 is 0.475. The van der Waals surface area contributed by atoms with Gasteiger partial charge in [0, 0.05) is 0 Å². The Morgan fingerprint density at radius 1 is 1.38 bits per heavy atom. The molecule has 0 atom stereocenters. The summed E-state index contributed by atoms with van der Waals surface area (Å²) in [6, 6.07) is 0. The van der Waals surface area contributed by atoms with Crippen LogP contribution in [-0.4, -0.2) is 20.6 Å². The van der Waals surface area contributed by atoms with Crippen molar-refractivity contribution in [2.24, 2.45) is 0 Å². The number of halogens is 1. The van der Waals surface area contributed by atoms with Crippen LogP contribution in [0, 0.1) is 6.20 Å². The Balaban J connectivity index is 0.000000490. The molecular formula is C2BrN4V+. The van der Waals surface area contributed by atoms with Gasteiger partial charge in [-0.15, -0.1) is 0 Å². The third kappa shape index (κ3) is 2.35. The minimum atomic E-state index is 0. The molecule has 1 heterocycles. The molecule has 0 N–H and O–H groups in total. The molecule has 8 heavy (non-hydrogen) atoms. The topological polar surface area (TPSA) is 51.6 Å². The van der Waals surface area contributed by atoms with Crippen molar-refractivity contribution in [2.45, 2.75) is 0 Å². The maximum absolute atomic E-state index is 3.42. The average molecular weight is 211 g/mol. The van der Waals surface area contributed by atoms with Crippen molar-refractivity contribution < 1.29 is 18.6 Å². The Morgan fingerprint density at radius 2 is 2.12 bits per heavy atom. The molecule has 0 spiro atoms. The Kier molecular flexibility index (Phi) is 3.94. The van der Waals surface area contributed by atoms with Crippen molar-refractivity contribution in [1.29, 1.82) is 0 Å². The predicted octanol–water partition coefficient (Wildman–Crippen LogP) is -0.173. The van der Waals surface area contributed by atoms with Gasteiger partial charge in [-0.2, -0.15) is 5.10 Å². The Morgan fingerprint density at radius 3 is 2.38 bits per heavy atom. The van der Waals surface area contributed by atoms with Gasteiger partial charge in [0.1, 0.15) is 0 Å². The fourth-order valence-electron chi connectivity index (χ4n) is 0.165. The zero-order valence-electron chi connectivity index (χ0n) is 3.61. The van der Waals surface area contributed by atoms with Gasteiger partial charge in [-0.05, 0) is 9.82 Å². The molecular weight excluding hydrogens is 211 g/mol. The number of hydrogen-bond donors (Lipinski definition) is 0. The molecule has 0 fully saturated rings. The molecule has 1 aromatic rings. The summed E-state index contributed by atoms with van der Waals surface area (Å²) in [4.78, 5) is 0. The molecule has 0 aliphatic carbocycles. The van der Waals surface area contributed by atoms with Gasteiger partial charge >= 0.3 is 18.6 Å². The van der Waals surface area contributed by atoms with E-state index in [4.69, 9.17) is 0 Å². The van der Waals surface area contributed by atoms with E-state index in [9.17, 15) is 0 Å². The van der Waals surface area contributed by atoms with Crippen LogP contribution in [0.25, 0.3) is 0 Å². The second-order valence-electron chi connectivity index (χ2n) is 0.781. The Labute approximate surface area is 66.1 Å². The first-order valence-electron chi connectivity index (χ1n) is 1.49. The maximum atomic E-state index is 3.42. The first-order chi connectivity index (χ1) is 3.39. The predicted molar refractivity (Wildman–Crippen MR) is 24.2 cm³/mol. The second kappa shape index (κ2) is 3.94. The summed E-state index contributed by atoms with van der Waals surface area (Å²) in [5, 5.41) is 13.0. The number of hydrogen-bond acceptors (Lipinski definition) is 4. The van der Waals surface area contributed by atoms with Crippen LogP contribution in [0.1, 0.15) is 0 Å². The van der Waals surface area contributed by atoms with Crippen LogP contribution in [-0.2, 0) is 18.6 Å². The zero-order valence-corrected chi connectivity index (χ0v) is 6.60. The first kappa shape index (κ1) is 8.00. The van der Waals surface area contributed by atoms with Gasteiger partial charge in [0.25, 0.3) is 0 Å². The molecule has 0 bridgehead atoms. The third-order valence-corrected chi connectivity index (χ3v) is 0.695. The molecule has 0 amide bonds. The second-order valence-corrected chi connectivity index (χ2v) is 1.53. The Hall–Kier alpha value is 0.00442. The smallest absolute Gasteiger partial charge is 0.347 e. The molecule has 1 aromatic heterocycles. The molecule has 0 unspecified atom stereocenters. The normalized spacial score (nSPS) is 7.62. The van der Waals surface area contributed by atoms with Crippen LogP contribution in [0.2, 0.25) is 0 Å². The number of aromatic nitrogens is 4. The molecule has 0 aromatic carbocycles. The van der Waals surface area contributed by atoms with E-state index in [0.717, 1.165) is 0 Å². The van der Waals surface area contributed by atoms with Gasteiger partial charge in [0.2, 0.25) is 0 Å². The van der Waals surface area contributed by atoms with Crippen LogP contribution >= 0.6 is 15.9 Å². The summed E-state index contributed by atoms with van der Waals surface area (Å²) in [7, 11) is 0. The molecule has 1 rings (SSSR count). The SMILES string of the molecule is Brc1[c-]nnnn1.[V+2]. The van der Waals surface area contributed by atoms with Gasteiger partial charge in [-0.3, -0.25) is 0 Å². The van der Waals surface area contributed by atoms with Crippen molar-refractivity contribution in [1.82, 2.24) is 20.6 Å². The van der Waals surface area contributed by atoms with E-state index >= 15 is 0 Å². The maximum Gasteiger partial charge on any atom is 2.00 e. The van der Waals surface area contributed by atoms with Crippen LogP contribution in [0.4, 0.5) is 0 Å². The van der Waals surface area contributed by atoms with E-state index in [0.29, 0.717) is 4.60 Å². The molecule has 0 aliphatic heterocycles. The van der Waals surface area contributed by atoms with Gasteiger partial charge < -0.3 is 11.3 Å². The van der Waals surface area contributed by atoms with Gasteiger partial charge in [0.15, 0.2) is 0 Å². The van der Waals surface area contributed by atoms with E-state index in [2.05, 4.69) is 42.8 Å². The summed E-state index contributed by atoms with van der Waals surface area (Å²) in [6.07, 6.45) is 2.41. The fourth-order valence-corrected chi connectivity index (χ4v) is 0.315. The molecule has 0 aliphatic rings. The quantitative estimate of drug-likeness (QED) is 0.558. The van der Waals surface area contributed by atoms with Crippen molar-refractivity contribution >= 4 is 15.9 Å². The van der Waals surface area contributed by atoms with E-state index < -0.39 is 0 Å². The molecule has 39 valence electrons. The molecule has 0 saturated carbocycles. The fraction of sp³-hybridized carbons (Fsp3) is 0. The molecule has 1 radical (unpaired) electrons. The van der Waals surface area contributed by atoms with Gasteiger partial charge in [0.05, 0.1) is 0 Å². The van der Waals surface area contributed by atoms with Crippen molar-refractivity contribution in [3.05, 3.63) is 10.8 Å². The largest absolute Gasteiger partial charge is 2.00 e. The molecule has 6 heteroatoms. The standard InChI is InChI=1S/C2BrN4.V/c3-2-1-4-6-7-5-2;/q-1;+2. The summed E-state index contributed by atoms with van der Waals surface area (Å²) in [5.74, 6) is 0. The van der Waals surface area contributed by atoms with Crippen molar-refractivity contribution in [3.8, 4) is 0 Å².